The number of nitro groups is 1. The van der Waals surface area contributed by atoms with Gasteiger partial charge in [-0.1, -0.05) is 23.5 Å². The molecule has 0 unspecified atom stereocenters. The van der Waals surface area contributed by atoms with E-state index in [0.717, 1.165) is 15.8 Å². The predicted molar refractivity (Wildman–Crippen MR) is 104 cm³/mol. The number of rotatable bonds is 4. The molecule has 0 aliphatic carbocycles. The maximum Gasteiger partial charge on any atom is 0.433 e. The topological polar surface area (TPSA) is 98.7 Å². The summed E-state index contributed by atoms with van der Waals surface area (Å²) in [4.78, 5) is 28.8. The molecule has 146 valence electrons. The predicted octanol–water partition coefficient (Wildman–Crippen LogP) is 4.10. The lowest BCUT2D eigenvalue weighted by Gasteiger charge is -2.30. The molecular weight excluding hydrogens is 382 g/mol. The molecular formula is C19H19N3O5S. The Morgan fingerprint density at radius 2 is 1.96 bits per heavy atom. The maximum absolute atomic E-state index is 12.5. The van der Waals surface area contributed by atoms with Crippen molar-refractivity contribution in [2.24, 2.45) is 0 Å². The second-order valence-electron chi connectivity index (χ2n) is 6.86. The third-order valence-corrected chi connectivity index (χ3v) is 5.98. The maximum atomic E-state index is 12.5. The summed E-state index contributed by atoms with van der Waals surface area (Å²) in [6.07, 6.45) is 1.32. The van der Waals surface area contributed by atoms with Gasteiger partial charge in [0, 0.05) is 25.9 Å². The number of benzene rings is 1. The van der Waals surface area contributed by atoms with Crippen LogP contribution in [-0.2, 0) is 0 Å². The first-order valence-electron chi connectivity index (χ1n) is 8.99. The van der Waals surface area contributed by atoms with Gasteiger partial charge in [0.15, 0.2) is 5.76 Å². The quantitative estimate of drug-likeness (QED) is 0.482. The molecule has 4 rings (SSSR count). The summed E-state index contributed by atoms with van der Waals surface area (Å²) in [5.41, 5.74) is 3.28. The summed E-state index contributed by atoms with van der Waals surface area (Å²) >= 11 is 1.55. The second kappa shape index (κ2) is 7.23. The van der Waals surface area contributed by atoms with E-state index in [4.69, 9.17) is 9.15 Å². The standard InChI is InChI=1S/C19H19N3O5S/c1-11-3-4-12(2)17-16(11)20-19(28-17)26-13-7-9-21(10-8-13)18(23)14-5-6-15(27-14)22(24)25/h3-6,13H,7-10H2,1-2H3. The van der Waals surface area contributed by atoms with Crippen molar-refractivity contribution in [2.45, 2.75) is 32.8 Å². The van der Waals surface area contributed by atoms with Gasteiger partial charge < -0.3 is 14.1 Å². The highest BCUT2D eigenvalue weighted by Crippen LogP contribution is 2.33. The fraction of sp³-hybridized carbons (Fsp3) is 0.368. The zero-order valence-corrected chi connectivity index (χ0v) is 16.3. The zero-order chi connectivity index (χ0) is 19.8. The van der Waals surface area contributed by atoms with Crippen molar-refractivity contribution in [2.75, 3.05) is 13.1 Å². The second-order valence-corrected chi connectivity index (χ2v) is 7.82. The summed E-state index contributed by atoms with van der Waals surface area (Å²) in [6.45, 7) is 5.10. The Kier molecular flexibility index (Phi) is 4.76. The minimum absolute atomic E-state index is 0.0109. The molecule has 0 radical (unpaired) electrons. The van der Waals surface area contributed by atoms with E-state index < -0.39 is 10.8 Å². The van der Waals surface area contributed by atoms with Crippen LogP contribution in [0.15, 0.2) is 28.7 Å². The SMILES string of the molecule is Cc1ccc(C)c2sc(OC3CCN(C(=O)c4ccc([N+](=O)[O-])o4)CC3)nc12. The van der Waals surface area contributed by atoms with Gasteiger partial charge in [0.25, 0.3) is 11.1 Å². The fourth-order valence-corrected chi connectivity index (χ4v) is 4.33. The molecule has 1 amide bonds. The number of fused-ring (bicyclic) bond motifs is 1. The van der Waals surface area contributed by atoms with E-state index in [1.54, 1.807) is 16.2 Å². The monoisotopic (exact) mass is 401 g/mol. The highest BCUT2D eigenvalue weighted by Gasteiger charge is 2.28. The van der Waals surface area contributed by atoms with E-state index in [1.807, 2.05) is 6.92 Å². The minimum Gasteiger partial charge on any atom is -0.467 e. The zero-order valence-electron chi connectivity index (χ0n) is 15.5. The van der Waals surface area contributed by atoms with E-state index in [2.05, 4.69) is 24.0 Å². The summed E-state index contributed by atoms with van der Waals surface area (Å²) in [7, 11) is 0. The molecule has 1 saturated heterocycles. The van der Waals surface area contributed by atoms with Crippen molar-refractivity contribution in [3.63, 3.8) is 0 Å². The lowest BCUT2D eigenvalue weighted by atomic mass is 10.1. The number of hydrogen-bond donors (Lipinski definition) is 0. The van der Waals surface area contributed by atoms with Gasteiger partial charge in [-0.05, 0) is 31.0 Å². The van der Waals surface area contributed by atoms with E-state index in [0.29, 0.717) is 31.1 Å². The minimum atomic E-state index is -0.654. The Morgan fingerprint density at radius 3 is 2.61 bits per heavy atom. The first-order chi connectivity index (χ1) is 13.4. The molecule has 1 fully saturated rings. The molecule has 2 aromatic heterocycles. The smallest absolute Gasteiger partial charge is 0.433 e. The van der Waals surface area contributed by atoms with Gasteiger partial charge in [-0.15, -0.1) is 0 Å². The number of carbonyl (C=O) groups excluding carboxylic acids is 1. The van der Waals surface area contributed by atoms with Gasteiger partial charge in [0.05, 0.1) is 16.3 Å². The molecule has 0 saturated carbocycles. The van der Waals surface area contributed by atoms with Crippen molar-refractivity contribution in [3.05, 3.63) is 51.3 Å². The number of carbonyl (C=O) groups is 1. The highest BCUT2D eigenvalue weighted by molar-refractivity contribution is 7.20. The molecule has 3 heterocycles. The number of amides is 1. The van der Waals surface area contributed by atoms with E-state index in [-0.39, 0.29) is 17.8 Å². The average Bonchev–Trinajstić information content (AvgIpc) is 3.33. The van der Waals surface area contributed by atoms with Gasteiger partial charge in [-0.2, -0.15) is 0 Å². The van der Waals surface area contributed by atoms with Crippen molar-refractivity contribution in [3.8, 4) is 5.19 Å². The van der Waals surface area contributed by atoms with E-state index in [9.17, 15) is 14.9 Å². The Hall–Kier alpha value is -2.94. The van der Waals surface area contributed by atoms with Crippen LogP contribution in [0, 0.1) is 24.0 Å². The number of aryl methyl sites for hydroxylation is 2. The number of aromatic nitrogens is 1. The number of thiazole rings is 1. The molecule has 9 heteroatoms. The van der Waals surface area contributed by atoms with Crippen LogP contribution in [-0.4, -0.2) is 39.9 Å². The Morgan fingerprint density at radius 1 is 1.25 bits per heavy atom. The van der Waals surface area contributed by atoms with Crippen LogP contribution in [0.3, 0.4) is 0 Å². The third-order valence-electron chi connectivity index (χ3n) is 4.90. The van der Waals surface area contributed by atoms with Crippen molar-refractivity contribution in [1.82, 2.24) is 9.88 Å². The van der Waals surface area contributed by atoms with Crippen LogP contribution in [0.5, 0.6) is 5.19 Å². The van der Waals surface area contributed by atoms with Crippen molar-refractivity contribution in [1.29, 1.82) is 0 Å². The first-order valence-corrected chi connectivity index (χ1v) is 9.81. The molecule has 1 aromatic carbocycles. The van der Waals surface area contributed by atoms with Crippen LogP contribution in [0.25, 0.3) is 10.2 Å². The Labute approximate surface area is 164 Å². The molecule has 28 heavy (non-hydrogen) atoms. The molecule has 0 N–H and O–H groups in total. The lowest BCUT2D eigenvalue weighted by molar-refractivity contribution is -0.402. The number of ether oxygens (including phenoxy) is 1. The van der Waals surface area contributed by atoms with Crippen LogP contribution in [0.1, 0.15) is 34.5 Å². The van der Waals surface area contributed by atoms with Gasteiger partial charge >= 0.3 is 5.88 Å². The molecule has 0 spiro atoms. The van der Waals surface area contributed by atoms with Crippen LogP contribution >= 0.6 is 11.3 Å². The number of nitrogens with zero attached hydrogens (tertiary/aromatic N) is 3. The number of likely N-dealkylation sites (tertiary alicyclic amines) is 1. The third kappa shape index (κ3) is 3.45. The highest BCUT2D eigenvalue weighted by atomic mass is 32.1. The van der Waals surface area contributed by atoms with E-state index >= 15 is 0 Å². The largest absolute Gasteiger partial charge is 0.467 e. The summed E-state index contributed by atoms with van der Waals surface area (Å²) in [5, 5.41) is 11.4. The summed E-state index contributed by atoms with van der Waals surface area (Å²) in [6, 6.07) is 6.68. The van der Waals surface area contributed by atoms with Crippen LogP contribution in [0.2, 0.25) is 0 Å². The summed E-state index contributed by atoms with van der Waals surface area (Å²) < 4.78 is 12.2. The average molecular weight is 401 g/mol. The van der Waals surface area contributed by atoms with E-state index in [1.165, 1.54) is 17.7 Å². The number of piperidine rings is 1. The molecule has 0 bridgehead atoms. The van der Waals surface area contributed by atoms with Crippen LogP contribution < -0.4 is 4.74 Å². The fourth-order valence-electron chi connectivity index (χ4n) is 3.31. The molecule has 1 aliphatic heterocycles. The number of furan rings is 1. The van der Waals surface area contributed by atoms with Gasteiger partial charge in [-0.3, -0.25) is 14.9 Å². The molecule has 3 aromatic rings. The Balaban J connectivity index is 1.39. The van der Waals surface area contributed by atoms with Crippen LogP contribution in [0.4, 0.5) is 5.88 Å². The number of hydrogen-bond acceptors (Lipinski definition) is 7. The Bertz CT molecular complexity index is 1010. The lowest BCUT2D eigenvalue weighted by Crippen LogP contribution is -2.41. The molecule has 1 aliphatic rings. The molecule has 8 nitrogen and oxygen atoms in total. The first kappa shape index (κ1) is 18.4. The summed E-state index contributed by atoms with van der Waals surface area (Å²) in [5.74, 6) is -0.774. The normalized spacial score (nSPS) is 15.1. The van der Waals surface area contributed by atoms with Gasteiger partial charge in [0.2, 0.25) is 0 Å². The van der Waals surface area contributed by atoms with Crippen molar-refractivity contribution < 1.29 is 18.9 Å². The van der Waals surface area contributed by atoms with Gasteiger partial charge in [0.1, 0.15) is 11.0 Å². The van der Waals surface area contributed by atoms with Gasteiger partial charge in [-0.25, -0.2) is 4.98 Å². The molecule has 0 atom stereocenters. The van der Waals surface area contributed by atoms with Crippen molar-refractivity contribution >= 4 is 33.3 Å².